The number of aldehydes is 1. The first kappa shape index (κ1) is 11.3. The molecule has 2 aromatic carbocycles. The Bertz CT molecular complexity index is 550. The molecule has 2 aromatic rings. The van der Waals surface area contributed by atoms with E-state index in [2.05, 4.69) is 0 Å². The third-order valence-corrected chi connectivity index (χ3v) is 2.54. The first-order valence-corrected chi connectivity index (χ1v) is 5.14. The molecule has 0 bridgehead atoms. The van der Waals surface area contributed by atoms with Crippen LogP contribution in [0.3, 0.4) is 0 Å². The Kier molecular flexibility index (Phi) is 3.19. The number of carbonyl (C=O) groups is 1. The molecule has 0 aliphatic rings. The Hall–Kier alpha value is -2.16. The Morgan fingerprint density at radius 3 is 2.65 bits per heavy atom. The third kappa shape index (κ3) is 2.18. The normalized spacial score (nSPS) is 10.0. The molecular formula is C14H11FO2. The highest BCUT2D eigenvalue weighted by atomic mass is 19.1. The molecule has 0 aliphatic heterocycles. The molecule has 0 fully saturated rings. The van der Waals surface area contributed by atoms with E-state index < -0.39 is 5.82 Å². The van der Waals surface area contributed by atoms with Crippen molar-refractivity contribution in [2.45, 2.75) is 0 Å². The van der Waals surface area contributed by atoms with E-state index in [1.165, 1.54) is 12.1 Å². The summed E-state index contributed by atoms with van der Waals surface area (Å²) in [5.74, 6) is 0.176. The summed E-state index contributed by atoms with van der Waals surface area (Å²) >= 11 is 0. The summed E-state index contributed by atoms with van der Waals surface area (Å²) in [4.78, 5) is 10.7. The number of carbonyl (C=O) groups excluding carboxylic acids is 1. The van der Waals surface area contributed by atoms with Crippen LogP contribution >= 0.6 is 0 Å². The highest BCUT2D eigenvalue weighted by molar-refractivity contribution is 5.80. The maximum atomic E-state index is 13.2. The number of ether oxygens (including phenoxy) is 1. The number of rotatable bonds is 3. The molecule has 0 saturated carbocycles. The second-order valence-electron chi connectivity index (χ2n) is 3.55. The fourth-order valence-corrected chi connectivity index (χ4v) is 1.68. The van der Waals surface area contributed by atoms with Gasteiger partial charge in [-0.1, -0.05) is 24.3 Å². The lowest BCUT2D eigenvalue weighted by Crippen LogP contribution is -1.91. The van der Waals surface area contributed by atoms with Crippen LogP contribution in [0.4, 0.5) is 4.39 Å². The van der Waals surface area contributed by atoms with E-state index in [9.17, 15) is 9.18 Å². The molecule has 0 atom stereocenters. The smallest absolute Gasteiger partial charge is 0.153 e. The maximum absolute atomic E-state index is 13.2. The Morgan fingerprint density at radius 1 is 1.18 bits per heavy atom. The molecule has 0 spiro atoms. The fourth-order valence-electron chi connectivity index (χ4n) is 1.68. The fraction of sp³-hybridized carbons (Fsp3) is 0.0714. The molecule has 17 heavy (non-hydrogen) atoms. The zero-order valence-electron chi connectivity index (χ0n) is 9.31. The summed E-state index contributed by atoms with van der Waals surface area (Å²) in [6, 6.07) is 11.8. The predicted molar refractivity (Wildman–Crippen MR) is 63.8 cm³/mol. The van der Waals surface area contributed by atoms with Gasteiger partial charge in [-0.3, -0.25) is 4.79 Å². The standard InChI is InChI=1S/C14H11FO2/c1-17-14-5-3-2-4-12(14)10-6-7-13(15)11(8-10)9-16/h2-9H,1H3. The average Bonchev–Trinajstić information content (AvgIpc) is 2.39. The maximum Gasteiger partial charge on any atom is 0.153 e. The van der Waals surface area contributed by atoms with Crippen LogP contribution in [-0.4, -0.2) is 13.4 Å². The lowest BCUT2D eigenvalue weighted by molar-refractivity contribution is 0.112. The van der Waals surface area contributed by atoms with Crippen molar-refractivity contribution in [1.82, 2.24) is 0 Å². The molecule has 0 saturated heterocycles. The van der Waals surface area contributed by atoms with Crippen LogP contribution in [0.25, 0.3) is 11.1 Å². The van der Waals surface area contributed by atoms with Gasteiger partial charge in [0.15, 0.2) is 6.29 Å². The molecule has 0 heterocycles. The van der Waals surface area contributed by atoms with Crippen molar-refractivity contribution in [2.75, 3.05) is 7.11 Å². The van der Waals surface area contributed by atoms with Gasteiger partial charge in [-0.2, -0.15) is 0 Å². The van der Waals surface area contributed by atoms with Gasteiger partial charge in [-0.15, -0.1) is 0 Å². The number of methoxy groups -OCH3 is 1. The van der Waals surface area contributed by atoms with E-state index >= 15 is 0 Å². The van der Waals surface area contributed by atoms with Gasteiger partial charge in [-0.05, 0) is 23.8 Å². The molecule has 0 radical (unpaired) electrons. The number of benzene rings is 2. The van der Waals surface area contributed by atoms with Crippen LogP contribution in [0.15, 0.2) is 42.5 Å². The minimum atomic E-state index is -0.515. The van der Waals surface area contributed by atoms with Crippen molar-refractivity contribution in [2.24, 2.45) is 0 Å². The van der Waals surface area contributed by atoms with Crippen LogP contribution in [0.1, 0.15) is 10.4 Å². The monoisotopic (exact) mass is 230 g/mol. The van der Waals surface area contributed by atoms with Gasteiger partial charge in [0.2, 0.25) is 0 Å². The predicted octanol–water partition coefficient (Wildman–Crippen LogP) is 3.31. The summed E-state index contributed by atoms with van der Waals surface area (Å²) < 4.78 is 18.4. The summed E-state index contributed by atoms with van der Waals surface area (Å²) in [5, 5.41) is 0. The number of hydrogen-bond acceptors (Lipinski definition) is 2. The van der Waals surface area contributed by atoms with E-state index in [4.69, 9.17) is 4.74 Å². The summed E-state index contributed by atoms with van der Waals surface area (Å²) in [6.45, 7) is 0. The van der Waals surface area contributed by atoms with E-state index in [-0.39, 0.29) is 5.56 Å². The average molecular weight is 230 g/mol. The Morgan fingerprint density at radius 2 is 1.94 bits per heavy atom. The summed E-state index contributed by atoms with van der Waals surface area (Å²) in [5.41, 5.74) is 1.64. The van der Waals surface area contributed by atoms with Crippen molar-refractivity contribution in [3.63, 3.8) is 0 Å². The lowest BCUT2D eigenvalue weighted by Gasteiger charge is -2.08. The number of hydrogen-bond donors (Lipinski definition) is 0. The quantitative estimate of drug-likeness (QED) is 0.756. The van der Waals surface area contributed by atoms with Gasteiger partial charge in [0.25, 0.3) is 0 Å². The minimum Gasteiger partial charge on any atom is -0.496 e. The van der Waals surface area contributed by atoms with Crippen molar-refractivity contribution in [1.29, 1.82) is 0 Å². The summed E-state index contributed by atoms with van der Waals surface area (Å²) in [7, 11) is 1.57. The molecule has 0 N–H and O–H groups in total. The summed E-state index contributed by atoms with van der Waals surface area (Å²) in [6.07, 6.45) is 0.508. The number of para-hydroxylation sites is 1. The van der Waals surface area contributed by atoms with Gasteiger partial charge in [0.1, 0.15) is 11.6 Å². The molecule has 2 nitrogen and oxygen atoms in total. The zero-order valence-corrected chi connectivity index (χ0v) is 9.31. The minimum absolute atomic E-state index is 0.0495. The Balaban J connectivity index is 2.56. The molecule has 0 aliphatic carbocycles. The molecule has 2 rings (SSSR count). The zero-order chi connectivity index (χ0) is 12.3. The van der Waals surface area contributed by atoms with Crippen LogP contribution in [0, 0.1) is 5.82 Å². The molecule has 3 heteroatoms. The highest BCUT2D eigenvalue weighted by Crippen LogP contribution is 2.30. The van der Waals surface area contributed by atoms with E-state index in [1.54, 1.807) is 13.2 Å². The van der Waals surface area contributed by atoms with Gasteiger partial charge >= 0.3 is 0 Å². The largest absolute Gasteiger partial charge is 0.496 e. The third-order valence-electron chi connectivity index (χ3n) is 2.54. The van der Waals surface area contributed by atoms with Crippen molar-refractivity contribution in [3.05, 3.63) is 53.8 Å². The van der Waals surface area contributed by atoms with E-state index in [0.29, 0.717) is 12.0 Å². The molecular weight excluding hydrogens is 219 g/mol. The van der Waals surface area contributed by atoms with Gasteiger partial charge < -0.3 is 4.74 Å². The van der Waals surface area contributed by atoms with Crippen molar-refractivity contribution in [3.8, 4) is 16.9 Å². The van der Waals surface area contributed by atoms with Crippen LogP contribution in [-0.2, 0) is 0 Å². The van der Waals surface area contributed by atoms with Gasteiger partial charge in [-0.25, -0.2) is 4.39 Å². The van der Waals surface area contributed by atoms with Crippen molar-refractivity contribution >= 4 is 6.29 Å². The molecule has 0 unspecified atom stereocenters. The first-order chi connectivity index (χ1) is 8.26. The topological polar surface area (TPSA) is 26.3 Å². The van der Waals surface area contributed by atoms with Gasteiger partial charge in [0, 0.05) is 5.56 Å². The van der Waals surface area contributed by atoms with Crippen LogP contribution in [0.2, 0.25) is 0 Å². The van der Waals surface area contributed by atoms with Crippen LogP contribution < -0.4 is 4.74 Å². The van der Waals surface area contributed by atoms with Crippen molar-refractivity contribution < 1.29 is 13.9 Å². The molecule has 0 aromatic heterocycles. The SMILES string of the molecule is COc1ccccc1-c1ccc(F)c(C=O)c1. The molecule has 86 valence electrons. The first-order valence-electron chi connectivity index (χ1n) is 5.14. The lowest BCUT2D eigenvalue weighted by atomic mass is 10.0. The van der Waals surface area contributed by atoms with Crippen LogP contribution in [0.5, 0.6) is 5.75 Å². The second-order valence-corrected chi connectivity index (χ2v) is 3.55. The highest BCUT2D eigenvalue weighted by Gasteiger charge is 2.08. The van der Waals surface area contributed by atoms with Gasteiger partial charge in [0.05, 0.1) is 12.7 Å². The Labute approximate surface area is 98.7 Å². The second kappa shape index (κ2) is 4.78. The van der Waals surface area contributed by atoms with E-state index in [0.717, 1.165) is 11.1 Å². The van der Waals surface area contributed by atoms with E-state index in [1.807, 2.05) is 24.3 Å². The number of halogens is 1. The molecule has 0 amide bonds.